The van der Waals surface area contributed by atoms with E-state index in [1.54, 1.807) is 18.1 Å². The normalized spacial score (nSPS) is 17.6. The Labute approximate surface area is 59.3 Å². The Balaban J connectivity index is 2.85. The minimum atomic E-state index is -0.144. The zero-order valence-electron chi connectivity index (χ0n) is 6.05. The molecule has 10 heavy (non-hydrogen) atoms. The molecular weight excluding hydrogens is 130 g/mol. The molecule has 0 unspecified atom stereocenters. The van der Waals surface area contributed by atoms with Crippen molar-refractivity contribution in [3.05, 3.63) is 11.8 Å². The van der Waals surface area contributed by atoms with Crippen LogP contribution in [0.4, 0.5) is 0 Å². The summed E-state index contributed by atoms with van der Waals surface area (Å²) in [5.41, 5.74) is 0.322. The van der Waals surface area contributed by atoms with Crippen LogP contribution < -0.4 is 0 Å². The van der Waals surface area contributed by atoms with Crippen LogP contribution in [-0.4, -0.2) is 30.1 Å². The molecule has 0 amide bonds. The molecule has 0 aromatic carbocycles. The number of nitrogens with zero attached hydrogens (tertiary/aromatic N) is 1. The maximum atomic E-state index is 10.9. The second-order valence-corrected chi connectivity index (χ2v) is 2.44. The Kier molecular flexibility index (Phi) is 1.57. The highest BCUT2D eigenvalue weighted by Crippen LogP contribution is 2.08. The molecule has 0 saturated heterocycles. The van der Waals surface area contributed by atoms with Gasteiger partial charge in [-0.05, 0) is 6.92 Å². The molecule has 0 fully saturated rings. The van der Waals surface area contributed by atoms with Gasteiger partial charge in [0, 0.05) is 13.2 Å². The Morgan fingerprint density at radius 1 is 1.70 bits per heavy atom. The Morgan fingerprint density at radius 2 is 2.30 bits per heavy atom. The predicted molar refractivity (Wildman–Crippen MR) is 36.4 cm³/mol. The molecule has 0 aromatic heterocycles. The van der Waals surface area contributed by atoms with Crippen molar-refractivity contribution in [1.29, 1.82) is 0 Å². The molecule has 1 aliphatic heterocycles. The van der Waals surface area contributed by atoms with E-state index < -0.39 is 0 Å². The maximum absolute atomic E-state index is 10.9. The molecule has 0 aliphatic carbocycles. The maximum Gasteiger partial charge on any atom is 0.187 e. The van der Waals surface area contributed by atoms with Crippen molar-refractivity contribution in [2.24, 2.45) is 0 Å². The van der Waals surface area contributed by atoms with Gasteiger partial charge in [-0.25, -0.2) is 0 Å². The van der Waals surface area contributed by atoms with Gasteiger partial charge in [0.15, 0.2) is 11.6 Å². The molecule has 0 bridgehead atoms. The molecule has 0 N–H and O–H groups in total. The van der Waals surface area contributed by atoms with E-state index in [4.69, 9.17) is 0 Å². The minimum absolute atomic E-state index is 0.0741. The van der Waals surface area contributed by atoms with Gasteiger partial charge in [0.1, 0.15) is 0 Å². The molecule has 1 aliphatic rings. The molecular formula is C7H9NO2. The first-order chi connectivity index (χ1) is 4.61. The van der Waals surface area contributed by atoms with Crippen LogP contribution in [0.1, 0.15) is 6.92 Å². The topological polar surface area (TPSA) is 37.4 Å². The number of ketones is 2. The molecule has 0 radical (unpaired) electrons. The average molecular weight is 139 g/mol. The van der Waals surface area contributed by atoms with Crippen LogP contribution in [0.25, 0.3) is 0 Å². The van der Waals surface area contributed by atoms with Crippen LogP contribution in [0.15, 0.2) is 11.8 Å². The summed E-state index contributed by atoms with van der Waals surface area (Å²) in [4.78, 5) is 23.3. The smallest absolute Gasteiger partial charge is 0.187 e. The number of carbonyl (C=O) groups excluding carboxylic acids is 2. The van der Waals surface area contributed by atoms with Gasteiger partial charge in [0.25, 0.3) is 0 Å². The lowest BCUT2D eigenvalue weighted by Gasteiger charge is -2.00. The van der Waals surface area contributed by atoms with Crippen molar-refractivity contribution >= 4 is 11.6 Å². The standard InChI is InChI=1S/C7H9NO2/c1-5(9)6-3-8(2)4-7(6)10/h3H,4H2,1-2H3. The number of carbonyl (C=O) groups is 2. The third kappa shape index (κ3) is 1.07. The first-order valence-corrected chi connectivity index (χ1v) is 3.07. The third-order valence-electron chi connectivity index (χ3n) is 1.42. The van der Waals surface area contributed by atoms with Crippen LogP contribution in [-0.2, 0) is 9.59 Å². The Bertz CT molecular complexity index is 218. The van der Waals surface area contributed by atoms with Crippen molar-refractivity contribution in [2.75, 3.05) is 13.6 Å². The minimum Gasteiger partial charge on any atom is -0.372 e. The van der Waals surface area contributed by atoms with Crippen LogP contribution in [0.5, 0.6) is 0 Å². The molecule has 3 nitrogen and oxygen atoms in total. The monoisotopic (exact) mass is 139 g/mol. The molecule has 0 atom stereocenters. The van der Waals surface area contributed by atoms with Crippen LogP contribution in [0, 0.1) is 0 Å². The third-order valence-corrected chi connectivity index (χ3v) is 1.42. The van der Waals surface area contributed by atoms with Crippen molar-refractivity contribution in [3.63, 3.8) is 0 Å². The second-order valence-electron chi connectivity index (χ2n) is 2.44. The highest BCUT2D eigenvalue weighted by atomic mass is 16.1. The number of hydrogen-bond acceptors (Lipinski definition) is 3. The lowest BCUT2D eigenvalue weighted by Crippen LogP contribution is -2.13. The quantitative estimate of drug-likeness (QED) is 0.479. The number of Topliss-reactive ketones (excluding diaryl/α,β-unsaturated/α-hetero) is 2. The van der Waals surface area contributed by atoms with Gasteiger partial charge in [-0.1, -0.05) is 0 Å². The van der Waals surface area contributed by atoms with Gasteiger partial charge in [-0.3, -0.25) is 9.59 Å². The second kappa shape index (κ2) is 2.25. The molecule has 3 heteroatoms. The first-order valence-electron chi connectivity index (χ1n) is 3.07. The Morgan fingerprint density at radius 3 is 2.50 bits per heavy atom. The van der Waals surface area contributed by atoms with Gasteiger partial charge in [0.2, 0.25) is 0 Å². The van der Waals surface area contributed by atoms with Gasteiger partial charge in [-0.2, -0.15) is 0 Å². The van der Waals surface area contributed by atoms with Crippen molar-refractivity contribution in [2.45, 2.75) is 6.92 Å². The fraction of sp³-hybridized carbons (Fsp3) is 0.429. The van der Waals surface area contributed by atoms with E-state index in [1.165, 1.54) is 6.92 Å². The molecule has 1 rings (SSSR count). The highest BCUT2D eigenvalue weighted by molar-refractivity contribution is 6.21. The van der Waals surface area contributed by atoms with E-state index in [2.05, 4.69) is 0 Å². The van der Waals surface area contributed by atoms with Crippen molar-refractivity contribution in [3.8, 4) is 0 Å². The van der Waals surface area contributed by atoms with E-state index in [0.717, 1.165) is 0 Å². The summed E-state index contributed by atoms with van der Waals surface area (Å²) in [5.74, 6) is -0.218. The molecule has 0 aromatic rings. The average Bonchev–Trinajstić information content (AvgIpc) is 2.10. The lowest BCUT2D eigenvalue weighted by molar-refractivity contribution is -0.119. The largest absolute Gasteiger partial charge is 0.372 e. The summed E-state index contributed by atoms with van der Waals surface area (Å²) in [5, 5.41) is 0. The van der Waals surface area contributed by atoms with Gasteiger partial charge in [0.05, 0.1) is 12.1 Å². The van der Waals surface area contributed by atoms with Crippen molar-refractivity contribution < 1.29 is 9.59 Å². The summed E-state index contributed by atoms with van der Waals surface area (Å²) in [6, 6.07) is 0. The molecule has 0 spiro atoms. The van der Waals surface area contributed by atoms with Crippen molar-refractivity contribution in [1.82, 2.24) is 4.90 Å². The van der Waals surface area contributed by atoms with Gasteiger partial charge >= 0.3 is 0 Å². The number of rotatable bonds is 1. The lowest BCUT2D eigenvalue weighted by atomic mass is 10.1. The summed E-state index contributed by atoms with van der Waals surface area (Å²) in [6.45, 7) is 1.75. The zero-order valence-corrected chi connectivity index (χ0v) is 6.05. The fourth-order valence-electron chi connectivity index (χ4n) is 0.937. The molecule has 54 valence electrons. The number of likely N-dealkylation sites (N-methyl/N-ethyl adjacent to an activating group) is 1. The van der Waals surface area contributed by atoms with Gasteiger partial charge in [-0.15, -0.1) is 0 Å². The summed E-state index contributed by atoms with van der Waals surface area (Å²) < 4.78 is 0. The molecule has 0 saturated carbocycles. The van der Waals surface area contributed by atoms with Gasteiger partial charge < -0.3 is 4.90 Å². The SMILES string of the molecule is CC(=O)C1=CN(C)CC1=O. The predicted octanol–water partition coefficient (Wildman–Crippen LogP) is -0.0262. The summed E-state index contributed by atoms with van der Waals surface area (Å²) >= 11 is 0. The summed E-state index contributed by atoms with van der Waals surface area (Å²) in [6.07, 6.45) is 1.59. The van der Waals surface area contributed by atoms with Crippen LogP contribution in [0.2, 0.25) is 0 Å². The fourth-order valence-corrected chi connectivity index (χ4v) is 0.937. The van der Waals surface area contributed by atoms with E-state index >= 15 is 0 Å². The molecule has 1 heterocycles. The summed E-state index contributed by atoms with van der Waals surface area (Å²) in [7, 11) is 1.77. The van der Waals surface area contributed by atoms with E-state index in [0.29, 0.717) is 12.1 Å². The zero-order chi connectivity index (χ0) is 7.72. The first kappa shape index (κ1) is 6.99. The van der Waals surface area contributed by atoms with E-state index in [1.807, 2.05) is 0 Å². The van der Waals surface area contributed by atoms with E-state index in [9.17, 15) is 9.59 Å². The Hall–Kier alpha value is -1.12. The van der Waals surface area contributed by atoms with E-state index in [-0.39, 0.29) is 11.6 Å². The number of hydrogen-bond donors (Lipinski definition) is 0. The highest BCUT2D eigenvalue weighted by Gasteiger charge is 2.21. The van der Waals surface area contributed by atoms with Crippen LogP contribution >= 0.6 is 0 Å². The van der Waals surface area contributed by atoms with Crippen LogP contribution in [0.3, 0.4) is 0 Å².